The second-order valence-electron chi connectivity index (χ2n) is 2.26. The number of anilines is 1. The monoisotopic (exact) mass is 193 g/mol. The van der Waals surface area contributed by atoms with Gasteiger partial charge in [0.2, 0.25) is 0 Å². The molecule has 1 N–H and O–H groups in total. The summed E-state index contributed by atoms with van der Waals surface area (Å²) in [4.78, 5) is 18.0. The smallest absolute Gasteiger partial charge is 0.358 e. The van der Waals surface area contributed by atoms with Crippen molar-refractivity contribution in [3.8, 4) is 12.3 Å². The Morgan fingerprint density at radius 3 is 3.00 bits per heavy atom. The first-order valence-corrected chi connectivity index (χ1v) is 3.65. The molecule has 6 heteroatoms. The van der Waals surface area contributed by atoms with Gasteiger partial charge in [-0.15, -0.1) is 6.42 Å². The van der Waals surface area contributed by atoms with Gasteiger partial charge in [-0.3, -0.25) is 10.3 Å². The molecule has 0 bridgehead atoms. The van der Waals surface area contributed by atoms with Crippen LogP contribution in [0.3, 0.4) is 0 Å². The number of nitrogens with one attached hydrogen (secondary N) is 1. The van der Waals surface area contributed by atoms with E-state index in [2.05, 4.69) is 16.4 Å². The Bertz CT molecular complexity index is 355. The van der Waals surface area contributed by atoms with Crippen molar-refractivity contribution >= 4 is 11.5 Å². The molecule has 0 amide bonds. The summed E-state index contributed by atoms with van der Waals surface area (Å²) >= 11 is 0. The zero-order chi connectivity index (χ0) is 10.4. The van der Waals surface area contributed by atoms with Gasteiger partial charge in [-0.2, -0.15) is 0 Å². The first-order chi connectivity index (χ1) is 6.74. The zero-order valence-electron chi connectivity index (χ0n) is 7.14. The highest BCUT2D eigenvalue weighted by atomic mass is 16.6. The third-order valence-electron chi connectivity index (χ3n) is 1.28. The van der Waals surface area contributed by atoms with E-state index < -0.39 is 4.92 Å². The number of nitro groups is 1. The fourth-order valence-corrected chi connectivity index (χ4v) is 0.716. The van der Waals surface area contributed by atoms with E-state index in [1.54, 1.807) is 0 Å². The van der Waals surface area contributed by atoms with Crippen LogP contribution >= 0.6 is 0 Å². The van der Waals surface area contributed by atoms with Crippen molar-refractivity contribution in [3.05, 3.63) is 28.4 Å². The lowest BCUT2D eigenvalue weighted by molar-refractivity contribution is -0.389. The van der Waals surface area contributed by atoms with Crippen molar-refractivity contribution in [1.82, 2.24) is 4.98 Å². The number of aromatic nitrogens is 1. The standard InChI is InChI=1S/C8H7N3O3/c1-2-5-14-10-7-3-4-8(9-6-7)11(12)13/h1,3-4,6,10H,5H2. The van der Waals surface area contributed by atoms with Gasteiger partial charge in [0.1, 0.15) is 12.3 Å². The Hall–Kier alpha value is -2.13. The van der Waals surface area contributed by atoms with Crippen LogP contribution in [-0.4, -0.2) is 16.5 Å². The Labute approximate surface area is 80.0 Å². The van der Waals surface area contributed by atoms with E-state index in [0.717, 1.165) is 0 Å². The van der Waals surface area contributed by atoms with Gasteiger partial charge in [-0.1, -0.05) is 5.92 Å². The summed E-state index contributed by atoms with van der Waals surface area (Å²) in [5.41, 5.74) is 2.99. The van der Waals surface area contributed by atoms with Gasteiger partial charge in [-0.25, -0.2) is 0 Å². The molecule has 0 unspecified atom stereocenters. The molecular formula is C8H7N3O3. The van der Waals surface area contributed by atoms with Crippen LogP contribution in [0, 0.1) is 22.5 Å². The van der Waals surface area contributed by atoms with E-state index >= 15 is 0 Å². The van der Waals surface area contributed by atoms with E-state index in [1.165, 1.54) is 18.3 Å². The van der Waals surface area contributed by atoms with Crippen LogP contribution in [0.25, 0.3) is 0 Å². The van der Waals surface area contributed by atoms with Crippen LogP contribution in [0.15, 0.2) is 18.3 Å². The number of nitrogens with zero attached hydrogens (tertiary/aromatic N) is 2. The van der Waals surface area contributed by atoms with E-state index in [-0.39, 0.29) is 12.4 Å². The van der Waals surface area contributed by atoms with Gasteiger partial charge >= 0.3 is 5.82 Å². The summed E-state index contributed by atoms with van der Waals surface area (Å²) < 4.78 is 0. The molecule has 1 aromatic heterocycles. The molecule has 1 rings (SSSR count). The van der Waals surface area contributed by atoms with Crippen LogP contribution in [-0.2, 0) is 4.84 Å². The third-order valence-corrected chi connectivity index (χ3v) is 1.28. The highest BCUT2D eigenvalue weighted by Crippen LogP contribution is 2.10. The quantitative estimate of drug-likeness (QED) is 0.333. The Balaban J connectivity index is 2.56. The number of pyridine rings is 1. The fraction of sp³-hybridized carbons (Fsp3) is 0.125. The van der Waals surface area contributed by atoms with Crippen molar-refractivity contribution in [2.24, 2.45) is 0 Å². The Kier molecular flexibility index (Phi) is 3.41. The zero-order valence-corrected chi connectivity index (χ0v) is 7.14. The average molecular weight is 193 g/mol. The molecule has 0 spiro atoms. The molecule has 14 heavy (non-hydrogen) atoms. The Morgan fingerprint density at radius 1 is 1.71 bits per heavy atom. The first kappa shape index (κ1) is 9.95. The summed E-state index contributed by atoms with van der Waals surface area (Å²) in [5, 5.41) is 10.2. The summed E-state index contributed by atoms with van der Waals surface area (Å²) in [6.07, 6.45) is 6.22. The van der Waals surface area contributed by atoms with Crippen LogP contribution in [0.5, 0.6) is 0 Å². The molecule has 0 saturated heterocycles. The highest BCUT2D eigenvalue weighted by molar-refractivity contribution is 5.41. The minimum Gasteiger partial charge on any atom is -0.358 e. The van der Waals surface area contributed by atoms with Crippen molar-refractivity contribution in [2.45, 2.75) is 0 Å². The van der Waals surface area contributed by atoms with Crippen LogP contribution < -0.4 is 5.48 Å². The summed E-state index contributed by atoms with van der Waals surface area (Å²) in [5.74, 6) is 2.04. The normalized spacial score (nSPS) is 9.07. The molecule has 72 valence electrons. The predicted molar refractivity (Wildman–Crippen MR) is 49.3 cm³/mol. The SMILES string of the molecule is C#CCONc1ccc([N+](=O)[O-])nc1. The molecule has 0 atom stereocenters. The number of rotatable bonds is 4. The van der Waals surface area contributed by atoms with E-state index in [0.29, 0.717) is 5.69 Å². The lowest BCUT2D eigenvalue weighted by Gasteiger charge is -2.00. The fourth-order valence-electron chi connectivity index (χ4n) is 0.716. The van der Waals surface area contributed by atoms with Gasteiger partial charge in [0.15, 0.2) is 6.20 Å². The van der Waals surface area contributed by atoms with E-state index in [1.807, 2.05) is 0 Å². The maximum Gasteiger partial charge on any atom is 0.363 e. The van der Waals surface area contributed by atoms with Crippen molar-refractivity contribution in [1.29, 1.82) is 0 Å². The highest BCUT2D eigenvalue weighted by Gasteiger charge is 2.05. The van der Waals surface area contributed by atoms with Crippen LogP contribution in [0.1, 0.15) is 0 Å². The molecular weight excluding hydrogens is 186 g/mol. The predicted octanol–water partition coefficient (Wildman–Crippen LogP) is 0.966. The van der Waals surface area contributed by atoms with Gasteiger partial charge in [-0.05, 0) is 16.0 Å². The largest absolute Gasteiger partial charge is 0.363 e. The summed E-state index contributed by atoms with van der Waals surface area (Å²) in [6.45, 7) is 0.108. The minimum atomic E-state index is -0.577. The summed E-state index contributed by atoms with van der Waals surface area (Å²) in [6, 6.07) is 2.74. The van der Waals surface area contributed by atoms with Gasteiger partial charge < -0.3 is 10.1 Å². The van der Waals surface area contributed by atoms with Crippen molar-refractivity contribution < 1.29 is 9.76 Å². The van der Waals surface area contributed by atoms with Gasteiger partial charge in [0, 0.05) is 6.07 Å². The molecule has 1 aromatic rings. The van der Waals surface area contributed by atoms with Gasteiger partial charge in [0.25, 0.3) is 0 Å². The molecule has 0 aliphatic rings. The molecule has 0 saturated carbocycles. The lowest BCUT2D eigenvalue weighted by atomic mass is 10.4. The lowest BCUT2D eigenvalue weighted by Crippen LogP contribution is -2.01. The first-order valence-electron chi connectivity index (χ1n) is 3.65. The third kappa shape index (κ3) is 2.73. The van der Waals surface area contributed by atoms with Crippen LogP contribution in [0.2, 0.25) is 0 Å². The molecule has 0 aliphatic heterocycles. The van der Waals surface area contributed by atoms with Crippen molar-refractivity contribution in [3.63, 3.8) is 0 Å². The number of terminal acetylenes is 1. The van der Waals surface area contributed by atoms with E-state index in [4.69, 9.17) is 11.3 Å². The second-order valence-corrected chi connectivity index (χ2v) is 2.26. The average Bonchev–Trinajstić information content (AvgIpc) is 2.19. The van der Waals surface area contributed by atoms with Crippen molar-refractivity contribution in [2.75, 3.05) is 12.1 Å². The molecule has 6 nitrogen and oxygen atoms in total. The van der Waals surface area contributed by atoms with Crippen LogP contribution in [0.4, 0.5) is 11.5 Å². The Morgan fingerprint density at radius 2 is 2.50 bits per heavy atom. The van der Waals surface area contributed by atoms with E-state index in [9.17, 15) is 10.1 Å². The molecule has 0 fully saturated rings. The minimum absolute atomic E-state index is 0.108. The molecule has 0 aliphatic carbocycles. The summed E-state index contributed by atoms with van der Waals surface area (Å²) in [7, 11) is 0. The molecule has 0 radical (unpaired) electrons. The number of hydrogen-bond donors (Lipinski definition) is 1. The second kappa shape index (κ2) is 4.79. The molecule has 1 heterocycles. The molecule has 0 aromatic carbocycles. The maximum atomic E-state index is 10.2. The topological polar surface area (TPSA) is 77.3 Å². The number of hydrogen-bond acceptors (Lipinski definition) is 5. The maximum absolute atomic E-state index is 10.2. The van der Waals surface area contributed by atoms with Gasteiger partial charge in [0.05, 0.1) is 0 Å².